The van der Waals surface area contributed by atoms with Gasteiger partial charge in [0, 0.05) is 25.6 Å². The van der Waals surface area contributed by atoms with Crippen LogP contribution in [0.3, 0.4) is 0 Å². The van der Waals surface area contributed by atoms with Gasteiger partial charge in [-0.05, 0) is 30.0 Å². The number of nitrogens with zero attached hydrogens (tertiary/aromatic N) is 4. The number of halogens is 4. The number of nitrogens with one attached hydrogen (secondary N) is 1. The van der Waals surface area contributed by atoms with E-state index in [0.29, 0.717) is 18.8 Å². The van der Waals surface area contributed by atoms with Crippen LogP contribution >= 0.6 is 0 Å². The van der Waals surface area contributed by atoms with Gasteiger partial charge in [0.15, 0.2) is 0 Å². The molecule has 1 amide bonds. The molecule has 1 aromatic rings. The van der Waals surface area contributed by atoms with Gasteiger partial charge in [0.05, 0.1) is 36.0 Å². The first-order valence-corrected chi connectivity index (χ1v) is 9.65. The van der Waals surface area contributed by atoms with Gasteiger partial charge in [-0.2, -0.15) is 23.7 Å². The minimum absolute atomic E-state index is 0.0110. The number of hydrogen-bond acceptors (Lipinski definition) is 5. The summed E-state index contributed by atoms with van der Waals surface area (Å²) in [7, 11) is 0. The predicted octanol–water partition coefficient (Wildman–Crippen LogP) is 2.06. The third-order valence-electron chi connectivity index (χ3n) is 6.19. The maximum Gasteiger partial charge on any atom is 0.416 e. The number of anilines is 1. The molecule has 2 saturated heterocycles. The summed E-state index contributed by atoms with van der Waals surface area (Å²) in [6.45, 7) is 1.11. The highest BCUT2D eigenvalue weighted by Crippen LogP contribution is 2.47. The molecule has 0 aromatic heterocycles. The van der Waals surface area contributed by atoms with Crippen molar-refractivity contribution in [3.63, 3.8) is 0 Å². The lowest BCUT2D eigenvalue weighted by Gasteiger charge is -2.24. The van der Waals surface area contributed by atoms with Crippen LogP contribution in [0.15, 0.2) is 18.2 Å². The predicted molar refractivity (Wildman–Crippen MR) is 97.8 cm³/mol. The van der Waals surface area contributed by atoms with Crippen molar-refractivity contribution >= 4 is 11.6 Å². The van der Waals surface area contributed by atoms with E-state index in [9.17, 15) is 27.6 Å². The molecule has 2 unspecified atom stereocenters. The summed E-state index contributed by atoms with van der Waals surface area (Å²) in [4.78, 5) is 15.5. The topological polar surface area (TPSA) is 83.2 Å². The summed E-state index contributed by atoms with van der Waals surface area (Å²) >= 11 is 0. The van der Waals surface area contributed by atoms with Gasteiger partial charge >= 0.3 is 6.18 Å². The summed E-state index contributed by atoms with van der Waals surface area (Å²) in [5.74, 6) is 0.148. The number of benzene rings is 1. The summed E-state index contributed by atoms with van der Waals surface area (Å²) in [5.41, 5.74) is -0.378. The number of hydrogen-bond donors (Lipinski definition) is 1. The Balaban J connectivity index is 1.32. The van der Waals surface area contributed by atoms with Crippen molar-refractivity contribution in [3.05, 3.63) is 29.3 Å². The van der Waals surface area contributed by atoms with Crippen molar-refractivity contribution in [1.82, 2.24) is 10.2 Å². The number of carbonyl (C=O) groups is 1. The van der Waals surface area contributed by atoms with Gasteiger partial charge in [-0.1, -0.05) is 0 Å². The lowest BCUT2D eigenvalue weighted by Crippen LogP contribution is -2.43. The molecule has 3 aliphatic rings. The zero-order chi connectivity index (χ0) is 21.6. The third-order valence-corrected chi connectivity index (χ3v) is 6.19. The van der Waals surface area contributed by atoms with Crippen LogP contribution in [0.5, 0.6) is 0 Å². The Morgan fingerprint density at radius 1 is 1.20 bits per heavy atom. The summed E-state index contributed by atoms with van der Waals surface area (Å²) < 4.78 is 52.1. The van der Waals surface area contributed by atoms with Crippen LogP contribution in [-0.4, -0.2) is 55.2 Å². The average molecular weight is 421 g/mol. The van der Waals surface area contributed by atoms with Crippen molar-refractivity contribution < 1.29 is 22.4 Å². The molecular formula is C20H19F4N5O. The van der Waals surface area contributed by atoms with Crippen LogP contribution in [0.2, 0.25) is 0 Å². The van der Waals surface area contributed by atoms with E-state index in [-0.39, 0.29) is 48.9 Å². The number of fused-ring (bicyclic) bond motifs is 1. The van der Waals surface area contributed by atoms with Crippen LogP contribution < -0.4 is 10.2 Å². The molecule has 1 aliphatic carbocycles. The number of likely N-dealkylation sites (tertiary alicyclic amines) is 1. The maximum atomic E-state index is 13.5. The van der Waals surface area contributed by atoms with E-state index >= 15 is 0 Å². The molecule has 0 spiro atoms. The average Bonchev–Trinajstić information content (AvgIpc) is 3.04. The second-order valence-corrected chi connectivity index (χ2v) is 8.00. The molecule has 0 bridgehead atoms. The molecule has 0 radical (unpaired) electrons. The van der Waals surface area contributed by atoms with Crippen molar-refractivity contribution in [3.8, 4) is 12.1 Å². The highest BCUT2D eigenvalue weighted by molar-refractivity contribution is 5.79. The fourth-order valence-electron chi connectivity index (χ4n) is 4.59. The highest BCUT2D eigenvalue weighted by Gasteiger charge is 2.56. The number of carbonyl (C=O) groups excluding carboxylic acids is 1. The van der Waals surface area contributed by atoms with E-state index in [1.807, 2.05) is 17.0 Å². The molecule has 158 valence electrons. The van der Waals surface area contributed by atoms with Gasteiger partial charge < -0.3 is 15.1 Å². The Kier molecular flexibility index (Phi) is 5.07. The molecular weight excluding hydrogens is 402 g/mol. The zero-order valence-corrected chi connectivity index (χ0v) is 15.9. The smallest absolute Gasteiger partial charge is 0.370 e. The quantitative estimate of drug-likeness (QED) is 0.753. The Morgan fingerprint density at radius 2 is 1.90 bits per heavy atom. The maximum absolute atomic E-state index is 13.5. The van der Waals surface area contributed by atoms with Crippen LogP contribution in [0.25, 0.3) is 0 Å². The molecule has 1 saturated carbocycles. The van der Waals surface area contributed by atoms with Crippen molar-refractivity contribution in [2.45, 2.75) is 30.9 Å². The second-order valence-electron chi connectivity index (χ2n) is 8.00. The first-order chi connectivity index (χ1) is 14.2. The molecule has 4 rings (SSSR count). The van der Waals surface area contributed by atoms with Crippen LogP contribution in [0, 0.1) is 34.5 Å². The molecule has 3 fully saturated rings. The van der Waals surface area contributed by atoms with Gasteiger partial charge in [0.1, 0.15) is 18.3 Å². The largest absolute Gasteiger partial charge is 0.416 e. The summed E-state index contributed by atoms with van der Waals surface area (Å²) in [5, 5.41) is 21.5. The Morgan fingerprint density at radius 3 is 2.50 bits per heavy atom. The highest BCUT2D eigenvalue weighted by atomic mass is 19.4. The zero-order valence-electron chi connectivity index (χ0n) is 15.9. The monoisotopic (exact) mass is 421 g/mol. The first-order valence-electron chi connectivity index (χ1n) is 9.65. The number of nitriles is 2. The van der Waals surface area contributed by atoms with E-state index in [1.54, 1.807) is 0 Å². The number of alkyl halides is 4. The van der Waals surface area contributed by atoms with Crippen molar-refractivity contribution in [2.75, 3.05) is 31.1 Å². The third kappa shape index (κ3) is 3.68. The van der Waals surface area contributed by atoms with Gasteiger partial charge in [0.2, 0.25) is 5.91 Å². The molecule has 4 atom stereocenters. The van der Waals surface area contributed by atoms with Gasteiger partial charge in [-0.15, -0.1) is 0 Å². The Bertz CT molecular complexity index is 925. The first kappa shape index (κ1) is 20.4. The van der Waals surface area contributed by atoms with Gasteiger partial charge in [-0.3, -0.25) is 4.79 Å². The van der Waals surface area contributed by atoms with Crippen molar-refractivity contribution in [2.24, 2.45) is 11.8 Å². The van der Waals surface area contributed by atoms with E-state index in [1.165, 1.54) is 11.0 Å². The molecule has 6 nitrogen and oxygen atoms in total. The van der Waals surface area contributed by atoms with Crippen LogP contribution in [0.1, 0.15) is 17.5 Å². The van der Waals surface area contributed by atoms with Crippen molar-refractivity contribution in [1.29, 1.82) is 10.5 Å². The molecule has 1 aromatic carbocycles. The Hall–Kier alpha value is -2.85. The number of amides is 1. The summed E-state index contributed by atoms with van der Waals surface area (Å²) in [6.07, 6.45) is -5.63. The van der Waals surface area contributed by atoms with Gasteiger partial charge in [0.25, 0.3) is 0 Å². The Labute approximate surface area is 170 Å². The minimum Gasteiger partial charge on any atom is -0.370 e. The van der Waals surface area contributed by atoms with E-state index in [4.69, 9.17) is 5.26 Å². The van der Waals surface area contributed by atoms with E-state index in [0.717, 1.165) is 12.1 Å². The molecule has 2 heterocycles. The molecule has 2 aliphatic heterocycles. The fourth-order valence-corrected chi connectivity index (χ4v) is 4.59. The number of piperidine rings is 1. The minimum atomic E-state index is -4.50. The van der Waals surface area contributed by atoms with Gasteiger partial charge in [-0.25, -0.2) is 4.39 Å². The lowest BCUT2D eigenvalue weighted by molar-refractivity contribution is -0.137. The standard InChI is InChI=1S/C20H19F4N5O/c21-13-4-14(6-26)29(8-13)18(30)7-27-19-15-9-28(10-16(15)19)17-2-1-12(20(22,23)24)3-11(17)5-25/h1-3,13-16,19,27H,4,7-10H2/t13-,14-,15?,16?,19?/m0/s1. The fraction of sp³-hybridized carbons (Fsp3) is 0.550. The molecule has 30 heavy (non-hydrogen) atoms. The van der Waals surface area contributed by atoms with E-state index < -0.39 is 24.0 Å². The SMILES string of the molecule is N#Cc1cc(C(F)(F)F)ccc1N1CC2C(C1)C2NCC(=O)N1C[C@@H](F)C[C@H]1C#N. The normalized spacial score (nSPS) is 30.0. The second kappa shape index (κ2) is 7.44. The van der Waals surface area contributed by atoms with E-state index in [2.05, 4.69) is 5.32 Å². The summed E-state index contributed by atoms with van der Waals surface area (Å²) in [6, 6.07) is 6.34. The molecule has 1 N–H and O–H groups in total. The number of rotatable bonds is 4. The van der Waals surface area contributed by atoms with Crippen LogP contribution in [-0.2, 0) is 11.0 Å². The van der Waals surface area contributed by atoms with Crippen LogP contribution in [0.4, 0.5) is 23.2 Å². The lowest BCUT2D eigenvalue weighted by atomic mass is 10.1. The molecule has 10 heteroatoms.